The molecule has 3 aromatic rings. The summed E-state index contributed by atoms with van der Waals surface area (Å²) in [5.41, 5.74) is 11.0. The molecule has 0 fully saturated rings. The summed E-state index contributed by atoms with van der Waals surface area (Å²) in [6.07, 6.45) is 0. The standard InChI is InChI=1S/C24H26N6O9S2/c1-13-10-16(18(38-2)12-19(13)40(33,34)9-8-31)28-29-17-11-20(41(35,36)37)22(26)23(21(17)25)30-27-15-7-5-4-6-14(15)24(32)39-3/h4-7,10-12,31H,8-9,25-26H2,1-3H3,(H,35,36,37)/b29-28+,30-27+. The summed E-state index contributed by atoms with van der Waals surface area (Å²) in [5.74, 6) is -1.21. The molecule has 218 valence electrons. The van der Waals surface area contributed by atoms with E-state index >= 15 is 0 Å². The number of rotatable bonds is 10. The zero-order valence-corrected chi connectivity index (χ0v) is 23.6. The molecular weight excluding hydrogens is 580 g/mol. The lowest BCUT2D eigenvalue weighted by molar-refractivity contribution is 0.0601. The third-order valence-electron chi connectivity index (χ3n) is 5.60. The number of hydrogen-bond donors (Lipinski definition) is 4. The Hall–Kier alpha value is -4.45. The molecule has 41 heavy (non-hydrogen) atoms. The van der Waals surface area contributed by atoms with Gasteiger partial charge in [-0.15, -0.1) is 20.5 Å². The van der Waals surface area contributed by atoms with E-state index in [1.807, 2.05) is 0 Å². The Kier molecular flexibility index (Phi) is 9.38. The number of nitrogen functional groups attached to an aromatic ring is 2. The highest BCUT2D eigenvalue weighted by atomic mass is 32.2. The average molecular weight is 607 g/mol. The molecule has 6 N–H and O–H groups in total. The fourth-order valence-corrected chi connectivity index (χ4v) is 5.51. The molecule has 0 aromatic heterocycles. The van der Waals surface area contributed by atoms with E-state index in [0.29, 0.717) is 0 Å². The SMILES string of the molecule is COC(=O)c1ccccc1/N=N/c1c(N)c(/N=N/c2cc(C)c(S(=O)(=O)CCO)cc2OC)cc(S(=O)(=O)O)c1N. The van der Waals surface area contributed by atoms with Gasteiger partial charge in [0.05, 0.1) is 48.4 Å². The summed E-state index contributed by atoms with van der Waals surface area (Å²) < 4.78 is 68.8. The zero-order chi connectivity index (χ0) is 30.5. The number of nitrogens with zero attached hydrogens (tertiary/aromatic N) is 4. The maximum atomic E-state index is 12.5. The molecule has 17 heteroatoms. The summed E-state index contributed by atoms with van der Waals surface area (Å²) in [5, 5.41) is 25.0. The summed E-state index contributed by atoms with van der Waals surface area (Å²) >= 11 is 0. The number of aliphatic hydroxyl groups is 1. The molecule has 3 rings (SSSR count). The minimum Gasteiger partial charge on any atom is -0.494 e. The predicted octanol–water partition coefficient (Wildman–Crippen LogP) is 3.80. The molecule has 0 unspecified atom stereocenters. The molecule has 0 atom stereocenters. The number of carbonyl (C=O) groups excluding carboxylic acids is 1. The van der Waals surface area contributed by atoms with E-state index in [0.717, 1.165) is 6.07 Å². The summed E-state index contributed by atoms with van der Waals surface area (Å²) in [6.45, 7) is 0.924. The second kappa shape index (κ2) is 12.4. The lowest BCUT2D eigenvalue weighted by Crippen LogP contribution is -2.11. The fourth-order valence-electron chi connectivity index (χ4n) is 3.58. The third kappa shape index (κ3) is 6.83. The molecule has 15 nitrogen and oxygen atoms in total. The van der Waals surface area contributed by atoms with Crippen molar-refractivity contribution in [2.24, 2.45) is 20.5 Å². The van der Waals surface area contributed by atoms with Crippen molar-refractivity contribution < 1.29 is 40.8 Å². The highest BCUT2D eigenvalue weighted by molar-refractivity contribution is 7.91. The van der Waals surface area contributed by atoms with Gasteiger partial charge in [-0.3, -0.25) is 4.55 Å². The van der Waals surface area contributed by atoms with Gasteiger partial charge in [-0.2, -0.15) is 8.42 Å². The van der Waals surface area contributed by atoms with Crippen LogP contribution in [0.1, 0.15) is 15.9 Å². The monoisotopic (exact) mass is 606 g/mol. The van der Waals surface area contributed by atoms with Crippen LogP contribution in [0.15, 0.2) is 72.7 Å². The number of nitrogens with two attached hydrogens (primary N) is 2. The number of aryl methyl sites for hydroxylation is 1. The number of methoxy groups -OCH3 is 2. The summed E-state index contributed by atoms with van der Waals surface area (Å²) in [4.78, 5) is 11.2. The van der Waals surface area contributed by atoms with Crippen LogP contribution in [-0.4, -0.2) is 59.0 Å². The van der Waals surface area contributed by atoms with Gasteiger partial charge in [0.2, 0.25) is 0 Å². The summed E-state index contributed by atoms with van der Waals surface area (Å²) in [7, 11) is -6.28. The minimum absolute atomic E-state index is 0.000729. The van der Waals surface area contributed by atoms with Crippen molar-refractivity contribution in [3.8, 4) is 5.75 Å². The third-order valence-corrected chi connectivity index (χ3v) is 8.33. The van der Waals surface area contributed by atoms with Gasteiger partial charge in [-0.1, -0.05) is 12.1 Å². The Morgan fingerprint density at radius 2 is 1.51 bits per heavy atom. The number of aliphatic hydroxyl groups excluding tert-OH is 1. The van der Waals surface area contributed by atoms with Gasteiger partial charge < -0.3 is 26.0 Å². The summed E-state index contributed by atoms with van der Waals surface area (Å²) in [6, 6.07) is 9.43. The van der Waals surface area contributed by atoms with Gasteiger partial charge in [-0.25, -0.2) is 13.2 Å². The number of benzene rings is 3. The highest BCUT2D eigenvalue weighted by Gasteiger charge is 2.23. The van der Waals surface area contributed by atoms with Crippen LogP contribution in [0.25, 0.3) is 0 Å². The molecule has 3 aromatic carbocycles. The quantitative estimate of drug-likeness (QED) is 0.112. The number of anilines is 2. The fraction of sp³-hybridized carbons (Fsp3) is 0.208. The normalized spacial score (nSPS) is 12.2. The van der Waals surface area contributed by atoms with Gasteiger partial charge in [0.1, 0.15) is 33.4 Å². The van der Waals surface area contributed by atoms with Gasteiger partial charge >= 0.3 is 5.97 Å². The van der Waals surface area contributed by atoms with E-state index in [4.69, 9.17) is 26.0 Å². The Labute approximate surface area is 235 Å². The van der Waals surface area contributed by atoms with Crippen LogP contribution < -0.4 is 16.2 Å². The zero-order valence-electron chi connectivity index (χ0n) is 22.0. The molecule has 0 radical (unpaired) electrons. The molecule has 0 bridgehead atoms. The topological polar surface area (TPSA) is 246 Å². The van der Waals surface area contributed by atoms with E-state index < -0.39 is 48.9 Å². The average Bonchev–Trinajstić information content (AvgIpc) is 2.91. The first-order valence-corrected chi connectivity index (χ1v) is 14.6. The van der Waals surface area contributed by atoms with E-state index in [2.05, 4.69) is 20.5 Å². The molecule has 0 amide bonds. The van der Waals surface area contributed by atoms with Crippen molar-refractivity contribution in [1.29, 1.82) is 0 Å². The van der Waals surface area contributed by atoms with Crippen LogP contribution >= 0.6 is 0 Å². The number of azo groups is 2. The van der Waals surface area contributed by atoms with E-state index in [1.165, 1.54) is 45.4 Å². The number of ether oxygens (including phenoxy) is 2. The Morgan fingerprint density at radius 3 is 2.12 bits per heavy atom. The van der Waals surface area contributed by atoms with Crippen LogP contribution in [0.5, 0.6) is 5.75 Å². The number of carbonyl (C=O) groups is 1. The molecule has 0 spiro atoms. The largest absolute Gasteiger partial charge is 0.494 e. The second-order valence-electron chi connectivity index (χ2n) is 8.29. The van der Waals surface area contributed by atoms with Crippen molar-refractivity contribution in [2.75, 3.05) is 38.0 Å². The number of hydrogen-bond acceptors (Lipinski definition) is 14. The Bertz CT molecular complexity index is 1770. The van der Waals surface area contributed by atoms with E-state index in [-0.39, 0.29) is 50.2 Å². The number of esters is 1. The molecule has 0 aliphatic carbocycles. The van der Waals surface area contributed by atoms with E-state index in [1.54, 1.807) is 12.1 Å². The first kappa shape index (κ1) is 31.1. The first-order chi connectivity index (χ1) is 19.2. The second-order valence-corrected chi connectivity index (χ2v) is 11.8. The van der Waals surface area contributed by atoms with Gasteiger partial charge in [0.15, 0.2) is 9.84 Å². The van der Waals surface area contributed by atoms with Crippen LogP contribution in [0, 0.1) is 6.92 Å². The molecule has 0 saturated heterocycles. The van der Waals surface area contributed by atoms with Crippen molar-refractivity contribution in [3.05, 3.63) is 53.6 Å². The Morgan fingerprint density at radius 1 is 0.878 bits per heavy atom. The maximum Gasteiger partial charge on any atom is 0.340 e. The van der Waals surface area contributed by atoms with Gasteiger partial charge in [-0.05, 0) is 36.8 Å². The van der Waals surface area contributed by atoms with E-state index in [9.17, 15) is 26.2 Å². The molecular formula is C24H26N6O9S2. The van der Waals surface area contributed by atoms with Crippen molar-refractivity contribution >= 4 is 60.0 Å². The first-order valence-electron chi connectivity index (χ1n) is 11.5. The van der Waals surface area contributed by atoms with Crippen LogP contribution in [0.3, 0.4) is 0 Å². The predicted molar refractivity (Wildman–Crippen MR) is 148 cm³/mol. The van der Waals surface area contributed by atoms with Crippen molar-refractivity contribution in [1.82, 2.24) is 0 Å². The molecule has 0 aliphatic rings. The van der Waals surface area contributed by atoms with Crippen LogP contribution in [0.4, 0.5) is 34.1 Å². The molecule has 0 aliphatic heterocycles. The Balaban J connectivity index is 2.17. The van der Waals surface area contributed by atoms with Gasteiger partial charge in [0, 0.05) is 6.07 Å². The van der Waals surface area contributed by atoms with Crippen molar-refractivity contribution in [2.45, 2.75) is 16.7 Å². The maximum absolute atomic E-state index is 12.5. The highest BCUT2D eigenvalue weighted by Crippen LogP contribution is 2.44. The van der Waals surface area contributed by atoms with Crippen molar-refractivity contribution in [3.63, 3.8) is 0 Å². The molecule has 0 heterocycles. The smallest absolute Gasteiger partial charge is 0.340 e. The van der Waals surface area contributed by atoms with Crippen LogP contribution in [0.2, 0.25) is 0 Å². The lowest BCUT2D eigenvalue weighted by atomic mass is 10.2. The molecule has 0 saturated carbocycles. The minimum atomic E-state index is -4.90. The number of sulfone groups is 1. The van der Waals surface area contributed by atoms with Gasteiger partial charge in [0.25, 0.3) is 10.1 Å². The lowest BCUT2D eigenvalue weighted by Gasteiger charge is -2.12. The van der Waals surface area contributed by atoms with Crippen LogP contribution in [-0.2, 0) is 24.7 Å².